The molecule has 1 aliphatic carbocycles. The zero-order chi connectivity index (χ0) is 17.9. The number of rotatable bonds is 7. The molecule has 140 valence electrons. The molecule has 0 bridgehead atoms. The van der Waals surface area contributed by atoms with Crippen LogP contribution < -0.4 is 10.1 Å². The minimum absolute atomic E-state index is 0.493. The van der Waals surface area contributed by atoms with E-state index in [2.05, 4.69) is 45.2 Å². The molecule has 0 amide bonds. The van der Waals surface area contributed by atoms with Crippen molar-refractivity contribution in [3.8, 4) is 5.75 Å². The zero-order valence-electron chi connectivity index (χ0n) is 15.9. The third kappa shape index (κ3) is 3.79. The summed E-state index contributed by atoms with van der Waals surface area (Å²) < 4.78 is 7.31. The molecule has 2 fully saturated rings. The molecule has 2 aromatic rings. The normalized spacial score (nSPS) is 23.9. The standard InChI is InChI=1S/C21H30N4O/c1-24-20(11-12-23-24)21-17(4-3-13-25(21)18-7-8-18)15-22-14-16-5-9-19(26-2)10-6-16/h5-6,9-12,17-18,21-22H,3-4,7-8,13-15H2,1-2H3/t17-,21+/m0/s1. The maximum absolute atomic E-state index is 5.24. The number of methoxy groups -OCH3 is 1. The maximum atomic E-state index is 5.24. The lowest BCUT2D eigenvalue weighted by atomic mass is 9.86. The quantitative estimate of drug-likeness (QED) is 0.829. The Labute approximate surface area is 156 Å². The molecule has 2 aliphatic rings. The van der Waals surface area contributed by atoms with Crippen LogP contribution >= 0.6 is 0 Å². The average molecular weight is 354 g/mol. The van der Waals surface area contributed by atoms with E-state index in [0.717, 1.165) is 24.9 Å². The van der Waals surface area contributed by atoms with Crippen molar-refractivity contribution in [2.45, 2.75) is 44.3 Å². The van der Waals surface area contributed by atoms with Crippen LogP contribution in [0, 0.1) is 5.92 Å². The van der Waals surface area contributed by atoms with Crippen LogP contribution in [0.25, 0.3) is 0 Å². The van der Waals surface area contributed by atoms with Crippen molar-refractivity contribution in [2.75, 3.05) is 20.2 Å². The first-order chi connectivity index (χ1) is 12.8. The van der Waals surface area contributed by atoms with Gasteiger partial charge in [0.15, 0.2) is 0 Å². The number of aromatic nitrogens is 2. The third-order valence-corrected chi connectivity index (χ3v) is 5.87. The summed E-state index contributed by atoms with van der Waals surface area (Å²) in [4.78, 5) is 2.75. The second kappa shape index (κ2) is 7.80. The predicted molar refractivity (Wildman–Crippen MR) is 103 cm³/mol. The fraction of sp³-hybridized carbons (Fsp3) is 0.571. The van der Waals surface area contributed by atoms with E-state index in [-0.39, 0.29) is 0 Å². The van der Waals surface area contributed by atoms with Crippen molar-refractivity contribution in [2.24, 2.45) is 13.0 Å². The van der Waals surface area contributed by atoms with Gasteiger partial charge in [-0.3, -0.25) is 9.58 Å². The zero-order valence-corrected chi connectivity index (χ0v) is 15.9. The van der Waals surface area contributed by atoms with E-state index in [4.69, 9.17) is 4.74 Å². The molecular weight excluding hydrogens is 324 g/mol. The molecule has 0 radical (unpaired) electrons. The van der Waals surface area contributed by atoms with Gasteiger partial charge in [-0.15, -0.1) is 0 Å². The van der Waals surface area contributed by atoms with Crippen LogP contribution in [0.15, 0.2) is 36.5 Å². The molecule has 5 heteroatoms. The summed E-state index contributed by atoms with van der Waals surface area (Å²) in [6, 6.07) is 11.8. The van der Waals surface area contributed by atoms with Gasteiger partial charge in [0.25, 0.3) is 0 Å². The van der Waals surface area contributed by atoms with Crippen molar-refractivity contribution < 1.29 is 4.74 Å². The summed E-state index contributed by atoms with van der Waals surface area (Å²) in [5, 5.41) is 8.15. The Morgan fingerprint density at radius 3 is 2.62 bits per heavy atom. The highest BCUT2D eigenvalue weighted by Gasteiger charge is 2.41. The molecule has 0 unspecified atom stereocenters. The third-order valence-electron chi connectivity index (χ3n) is 5.87. The topological polar surface area (TPSA) is 42.3 Å². The Hall–Kier alpha value is -1.85. The Balaban J connectivity index is 1.42. The average Bonchev–Trinajstić information content (AvgIpc) is 3.43. The number of ether oxygens (including phenoxy) is 1. The Morgan fingerprint density at radius 1 is 1.15 bits per heavy atom. The first-order valence-corrected chi connectivity index (χ1v) is 9.83. The molecule has 4 rings (SSSR count). The van der Waals surface area contributed by atoms with Gasteiger partial charge in [0, 0.05) is 32.4 Å². The van der Waals surface area contributed by atoms with Gasteiger partial charge in [0.05, 0.1) is 18.8 Å². The lowest BCUT2D eigenvalue weighted by molar-refractivity contribution is 0.0777. The van der Waals surface area contributed by atoms with E-state index in [1.807, 2.05) is 18.3 Å². The lowest BCUT2D eigenvalue weighted by Crippen LogP contribution is -2.44. The van der Waals surface area contributed by atoms with Crippen molar-refractivity contribution >= 4 is 0 Å². The van der Waals surface area contributed by atoms with Gasteiger partial charge in [0.2, 0.25) is 0 Å². The highest BCUT2D eigenvalue weighted by Crippen LogP contribution is 2.42. The highest BCUT2D eigenvalue weighted by atomic mass is 16.5. The summed E-state index contributed by atoms with van der Waals surface area (Å²) in [5.41, 5.74) is 2.67. The first kappa shape index (κ1) is 17.6. The van der Waals surface area contributed by atoms with Gasteiger partial charge < -0.3 is 10.1 Å². The van der Waals surface area contributed by atoms with E-state index < -0.39 is 0 Å². The van der Waals surface area contributed by atoms with Gasteiger partial charge in [-0.1, -0.05) is 12.1 Å². The summed E-state index contributed by atoms with van der Waals surface area (Å²) in [6.07, 6.45) is 7.26. The lowest BCUT2D eigenvalue weighted by Gasteiger charge is -2.42. The smallest absolute Gasteiger partial charge is 0.118 e. The van der Waals surface area contributed by atoms with Crippen LogP contribution in [0.1, 0.15) is 43.0 Å². The van der Waals surface area contributed by atoms with E-state index in [0.29, 0.717) is 12.0 Å². The predicted octanol–water partition coefficient (Wildman–Crippen LogP) is 3.13. The fourth-order valence-corrected chi connectivity index (χ4v) is 4.36. The number of piperidine rings is 1. The van der Waals surface area contributed by atoms with E-state index in [1.54, 1.807) is 7.11 Å². The summed E-state index contributed by atoms with van der Waals surface area (Å²) >= 11 is 0. The molecule has 26 heavy (non-hydrogen) atoms. The number of nitrogens with one attached hydrogen (secondary N) is 1. The SMILES string of the molecule is COc1ccc(CNC[C@@H]2CCCN(C3CC3)[C@H]2c2ccnn2C)cc1. The molecule has 1 aromatic carbocycles. The number of nitrogens with zero attached hydrogens (tertiary/aromatic N) is 3. The summed E-state index contributed by atoms with van der Waals surface area (Å²) in [5.74, 6) is 1.55. The largest absolute Gasteiger partial charge is 0.497 e. The van der Waals surface area contributed by atoms with Crippen LogP contribution in [0.4, 0.5) is 0 Å². The van der Waals surface area contributed by atoms with Crippen LogP contribution in [-0.4, -0.2) is 40.9 Å². The first-order valence-electron chi connectivity index (χ1n) is 9.83. The fourth-order valence-electron chi connectivity index (χ4n) is 4.36. The maximum Gasteiger partial charge on any atom is 0.118 e. The Kier molecular flexibility index (Phi) is 5.27. The minimum Gasteiger partial charge on any atom is -0.497 e. The summed E-state index contributed by atoms with van der Waals surface area (Å²) in [6.45, 7) is 3.18. The second-order valence-electron chi connectivity index (χ2n) is 7.67. The molecule has 2 heterocycles. The van der Waals surface area contributed by atoms with Crippen molar-refractivity contribution in [1.82, 2.24) is 20.0 Å². The molecule has 1 N–H and O–H groups in total. The number of aryl methyl sites for hydroxylation is 1. The van der Waals surface area contributed by atoms with Crippen LogP contribution in [0.5, 0.6) is 5.75 Å². The molecule has 5 nitrogen and oxygen atoms in total. The van der Waals surface area contributed by atoms with Gasteiger partial charge in [-0.25, -0.2) is 0 Å². The highest BCUT2D eigenvalue weighted by molar-refractivity contribution is 5.27. The number of likely N-dealkylation sites (tertiary alicyclic amines) is 1. The van der Waals surface area contributed by atoms with Gasteiger partial charge in [-0.2, -0.15) is 5.10 Å². The molecule has 1 aliphatic heterocycles. The monoisotopic (exact) mass is 354 g/mol. The molecule has 1 aromatic heterocycles. The number of hydrogen-bond acceptors (Lipinski definition) is 4. The minimum atomic E-state index is 0.493. The Bertz CT molecular complexity index is 707. The molecule has 2 atom stereocenters. The van der Waals surface area contributed by atoms with Gasteiger partial charge >= 0.3 is 0 Å². The van der Waals surface area contributed by atoms with Crippen LogP contribution in [0.2, 0.25) is 0 Å². The van der Waals surface area contributed by atoms with Crippen molar-refractivity contribution in [1.29, 1.82) is 0 Å². The van der Waals surface area contributed by atoms with Crippen molar-refractivity contribution in [3.63, 3.8) is 0 Å². The van der Waals surface area contributed by atoms with Gasteiger partial charge in [-0.05, 0) is 61.9 Å². The van der Waals surface area contributed by atoms with Crippen molar-refractivity contribution in [3.05, 3.63) is 47.8 Å². The van der Waals surface area contributed by atoms with E-state index in [1.165, 1.54) is 43.5 Å². The van der Waals surface area contributed by atoms with E-state index >= 15 is 0 Å². The van der Waals surface area contributed by atoms with Crippen LogP contribution in [-0.2, 0) is 13.6 Å². The summed E-state index contributed by atoms with van der Waals surface area (Å²) in [7, 11) is 3.79. The number of benzene rings is 1. The second-order valence-corrected chi connectivity index (χ2v) is 7.67. The molecule has 1 saturated carbocycles. The number of hydrogen-bond donors (Lipinski definition) is 1. The van der Waals surface area contributed by atoms with Gasteiger partial charge in [0.1, 0.15) is 5.75 Å². The molecular formula is C21H30N4O. The van der Waals surface area contributed by atoms with E-state index in [9.17, 15) is 0 Å². The Morgan fingerprint density at radius 2 is 1.96 bits per heavy atom. The van der Waals surface area contributed by atoms with Crippen LogP contribution in [0.3, 0.4) is 0 Å². The molecule has 1 saturated heterocycles. The molecule has 0 spiro atoms.